The van der Waals surface area contributed by atoms with Crippen LogP contribution in [0.3, 0.4) is 0 Å². The van der Waals surface area contributed by atoms with Gasteiger partial charge in [-0.2, -0.15) is 0 Å². The largest absolute Gasteiger partial charge is 0.452 e. The van der Waals surface area contributed by atoms with Gasteiger partial charge in [0.2, 0.25) is 0 Å². The van der Waals surface area contributed by atoms with Gasteiger partial charge in [0.1, 0.15) is 0 Å². The molecule has 1 fully saturated rings. The predicted molar refractivity (Wildman–Crippen MR) is 93.2 cm³/mol. The van der Waals surface area contributed by atoms with Crippen molar-refractivity contribution in [2.24, 2.45) is 5.92 Å². The van der Waals surface area contributed by atoms with Crippen LogP contribution in [0.1, 0.15) is 49.9 Å². The standard InChI is InChI=1S/C18H25NO4S/c1-3-24(22)16-11-7-5-9-14(16)18(21)23-12-17(20)19-15-10-6-4-8-13(15)2/h5,7,9,11,13,15H,3-4,6,8,10,12H2,1-2H3,(H,19,20)/t13-,15+,24+/m0/s1. The fourth-order valence-corrected chi connectivity index (χ4v) is 3.92. The molecule has 0 bridgehead atoms. The summed E-state index contributed by atoms with van der Waals surface area (Å²) >= 11 is 0. The van der Waals surface area contributed by atoms with Crippen LogP contribution in [0.25, 0.3) is 0 Å². The third-order valence-electron chi connectivity index (χ3n) is 4.41. The summed E-state index contributed by atoms with van der Waals surface area (Å²) < 4.78 is 17.1. The molecule has 0 aromatic heterocycles. The van der Waals surface area contributed by atoms with Crippen molar-refractivity contribution in [2.45, 2.75) is 50.5 Å². The van der Waals surface area contributed by atoms with E-state index >= 15 is 0 Å². The van der Waals surface area contributed by atoms with Crippen molar-refractivity contribution in [3.05, 3.63) is 29.8 Å². The summed E-state index contributed by atoms with van der Waals surface area (Å²) in [5, 5.41) is 2.95. The first-order valence-corrected chi connectivity index (χ1v) is 9.78. The number of esters is 1. The average Bonchev–Trinajstić information content (AvgIpc) is 2.61. The summed E-state index contributed by atoms with van der Waals surface area (Å²) in [7, 11) is -1.25. The lowest BCUT2D eigenvalue weighted by Gasteiger charge is -2.29. The Labute approximate surface area is 145 Å². The van der Waals surface area contributed by atoms with Gasteiger partial charge in [-0.25, -0.2) is 4.79 Å². The highest BCUT2D eigenvalue weighted by Gasteiger charge is 2.23. The van der Waals surface area contributed by atoms with Crippen molar-refractivity contribution >= 4 is 22.7 Å². The smallest absolute Gasteiger partial charge is 0.339 e. The van der Waals surface area contributed by atoms with Crippen LogP contribution in [0, 0.1) is 5.92 Å². The van der Waals surface area contributed by atoms with E-state index in [4.69, 9.17) is 4.74 Å². The highest BCUT2D eigenvalue weighted by atomic mass is 32.2. The molecule has 2 rings (SSSR count). The molecule has 6 heteroatoms. The van der Waals surface area contributed by atoms with Crippen LogP contribution in [-0.2, 0) is 20.3 Å². The molecule has 0 unspecified atom stereocenters. The van der Waals surface area contributed by atoms with E-state index in [-0.39, 0.29) is 24.1 Å². The molecule has 1 saturated carbocycles. The van der Waals surface area contributed by atoms with Crippen LogP contribution < -0.4 is 5.32 Å². The minimum Gasteiger partial charge on any atom is -0.452 e. The van der Waals surface area contributed by atoms with E-state index in [1.807, 2.05) is 0 Å². The number of nitrogens with one attached hydrogen (secondary N) is 1. The van der Waals surface area contributed by atoms with Crippen LogP contribution in [0.4, 0.5) is 0 Å². The van der Waals surface area contributed by atoms with E-state index in [0.717, 1.165) is 19.3 Å². The summed E-state index contributed by atoms with van der Waals surface area (Å²) in [5.41, 5.74) is 0.261. The lowest BCUT2D eigenvalue weighted by molar-refractivity contribution is -0.125. The van der Waals surface area contributed by atoms with Gasteiger partial charge in [-0.15, -0.1) is 0 Å². The molecule has 1 aliphatic carbocycles. The van der Waals surface area contributed by atoms with Crippen LogP contribution >= 0.6 is 0 Å². The molecule has 0 aliphatic heterocycles. The zero-order valence-corrected chi connectivity index (χ0v) is 15.1. The first-order valence-electron chi connectivity index (χ1n) is 8.46. The van der Waals surface area contributed by atoms with E-state index in [1.165, 1.54) is 6.42 Å². The highest BCUT2D eigenvalue weighted by molar-refractivity contribution is 7.85. The summed E-state index contributed by atoms with van der Waals surface area (Å²) in [6.45, 7) is 3.61. The quantitative estimate of drug-likeness (QED) is 0.800. The molecule has 1 aliphatic rings. The summed E-state index contributed by atoms with van der Waals surface area (Å²) in [6, 6.07) is 6.81. The van der Waals surface area contributed by atoms with Gasteiger partial charge in [0.25, 0.3) is 5.91 Å². The second-order valence-electron chi connectivity index (χ2n) is 6.14. The minimum atomic E-state index is -1.25. The normalized spacial score (nSPS) is 21.8. The molecule has 24 heavy (non-hydrogen) atoms. The van der Waals surface area contributed by atoms with Gasteiger partial charge in [-0.05, 0) is 30.9 Å². The number of hydrogen-bond acceptors (Lipinski definition) is 4. The maximum atomic E-state index is 12.2. The highest BCUT2D eigenvalue weighted by Crippen LogP contribution is 2.23. The van der Waals surface area contributed by atoms with Crippen LogP contribution in [-0.4, -0.2) is 34.5 Å². The lowest BCUT2D eigenvalue weighted by Crippen LogP contribution is -2.42. The Balaban J connectivity index is 1.91. The molecule has 0 saturated heterocycles. The molecule has 1 aromatic rings. The fraction of sp³-hybridized carbons (Fsp3) is 0.556. The molecule has 0 radical (unpaired) electrons. The Hall–Kier alpha value is -1.69. The number of hydrogen-bond donors (Lipinski definition) is 1. The number of amides is 1. The average molecular weight is 351 g/mol. The van der Waals surface area contributed by atoms with Crippen molar-refractivity contribution in [1.29, 1.82) is 0 Å². The van der Waals surface area contributed by atoms with E-state index in [0.29, 0.717) is 16.6 Å². The van der Waals surface area contributed by atoms with Gasteiger partial charge in [-0.1, -0.05) is 38.8 Å². The van der Waals surface area contributed by atoms with Gasteiger partial charge in [0.05, 0.1) is 21.3 Å². The SMILES string of the molecule is CC[S@@](=O)c1ccccc1C(=O)OCC(=O)N[C@@H]1CCCC[C@@H]1C. The Morgan fingerprint density at radius 1 is 1.25 bits per heavy atom. The number of benzene rings is 1. The van der Waals surface area contributed by atoms with Crippen LogP contribution in [0.15, 0.2) is 29.2 Å². The lowest BCUT2D eigenvalue weighted by atomic mass is 9.86. The third kappa shape index (κ3) is 4.90. The Morgan fingerprint density at radius 3 is 2.67 bits per heavy atom. The molecule has 5 nitrogen and oxygen atoms in total. The summed E-state index contributed by atoms with van der Waals surface area (Å²) in [5.74, 6) is -0.0220. The second-order valence-corrected chi connectivity index (χ2v) is 7.85. The molecule has 0 spiro atoms. The number of ether oxygens (including phenoxy) is 1. The minimum absolute atomic E-state index is 0.157. The monoisotopic (exact) mass is 351 g/mol. The summed E-state index contributed by atoms with van der Waals surface area (Å²) in [4.78, 5) is 24.7. The fourth-order valence-electron chi connectivity index (χ4n) is 2.98. The molecule has 1 N–H and O–H groups in total. The molecule has 132 valence electrons. The molecule has 1 aromatic carbocycles. The maximum Gasteiger partial charge on any atom is 0.339 e. The van der Waals surface area contributed by atoms with Gasteiger partial charge in [-0.3, -0.25) is 9.00 Å². The Morgan fingerprint density at radius 2 is 1.96 bits per heavy atom. The van der Waals surface area contributed by atoms with E-state index in [9.17, 15) is 13.8 Å². The van der Waals surface area contributed by atoms with Gasteiger partial charge < -0.3 is 10.1 Å². The topological polar surface area (TPSA) is 72.5 Å². The van der Waals surface area contributed by atoms with Crippen LogP contribution in [0.2, 0.25) is 0 Å². The van der Waals surface area contributed by atoms with Crippen LogP contribution in [0.5, 0.6) is 0 Å². The molecule has 0 heterocycles. The van der Waals surface area contributed by atoms with Gasteiger partial charge >= 0.3 is 5.97 Å². The Bertz CT molecular complexity index is 617. The van der Waals surface area contributed by atoms with E-state index in [1.54, 1.807) is 31.2 Å². The zero-order valence-electron chi connectivity index (χ0n) is 14.2. The first kappa shape index (κ1) is 18.6. The first-order chi connectivity index (χ1) is 11.5. The van der Waals surface area contributed by atoms with Crippen molar-refractivity contribution in [2.75, 3.05) is 12.4 Å². The zero-order chi connectivity index (χ0) is 17.5. The van der Waals surface area contributed by atoms with E-state index in [2.05, 4.69) is 12.2 Å². The number of rotatable bonds is 6. The van der Waals surface area contributed by atoms with E-state index < -0.39 is 16.8 Å². The number of carbonyl (C=O) groups is 2. The van der Waals surface area contributed by atoms with Gasteiger partial charge in [0.15, 0.2) is 6.61 Å². The Kier molecular flexibility index (Phi) is 6.97. The van der Waals surface area contributed by atoms with Crippen molar-refractivity contribution in [3.63, 3.8) is 0 Å². The van der Waals surface area contributed by atoms with Gasteiger partial charge in [0, 0.05) is 11.8 Å². The van der Waals surface area contributed by atoms with Crippen molar-refractivity contribution in [1.82, 2.24) is 5.32 Å². The molecular weight excluding hydrogens is 326 g/mol. The second kappa shape index (κ2) is 8.97. The van der Waals surface area contributed by atoms with Crippen molar-refractivity contribution < 1.29 is 18.5 Å². The predicted octanol–water partition coefficient (Wildman–Crippen LogP) is 2.67. The third-order valence-corrected chi connectivity index (χ3v) is 5.78. The molecule has 3 atom stereocenters. The molecular formula is C18H25NO4S. The van der Waals surface area contributed by atoms with Crippen molar-refractivity contribution in [3.8, 4) is 0 Å². The maximum absolute atomic E-state index is 12.2. The summed E-state index contributed by atoms with van der Waals surface area (Å²) in [6.07, 6.45) is 4.40. The molecule has 1 amide bonds. The number of carbonyl (C=O) groups excluding carboxylic acids is 2.